The number of amides is 1. The van der Waals surface area contributed by atoms with Gasteiger partial charge in [0.25, 0.3) is 0 Å². The van der Waals surface area contributed by atoms with Gasteiger partial charge in [-0.25, -0.2) is 0 Å². The topological polar surface area (TPSA) is 85.3 Å². The highest BCUT2D eigenvalue weighted by Gasteiger charge is 2.33. The number of anilines is 1. The summed E-state index contributed by atoms with van der Waals surface area (Å²) < 4.78 is 6.18. The van der Waals surface area contributed by atoms with Crippen LogP contribution in [0.5, 0.6) is 11.8 Å². The van der Waals surface area contributed by atoms with Crippen LogP contribution < -0.4 is 9.64 Å². The zero-order valence-electron chi connectivity index (χ0n) is 21.6. The number of phenolic OH excluding ortho intramolecular Hbond substituents is 1. The van der Waals surface area contributed by atoms with Gasteiger partial charge >= 0.3 is 6.01 Å². The van der Waals surface area contributed by atoms with Crippen LogP contribution in [0.25, 0.3) is 0 Å². The molecule has 0 aliphatic carbocycles. The molecule has 0 saturated carbocycles. The smallest absolute Gasteiger partial charge is 0.318 e. The van der Waals surface area contributed by atoms with Crippen LogP contribution in [0.4, 0.5) is 5.82 Å². The summed E-state index contributed by atoms with van der Waals surface area (Å²) in [6.07, 6.45) is 3.67. The van der Waals surface area contributed by atoms with E-state index in [0.717, 1.165) is 35.6 Å². The predicted octanol–water partition coefficient (Wildman–Crippen LogP) is 3.05. The second-order valence-corrected chi connectivity index (χ2v) is 10.7. The van der Waals surface area contributed by atoms with Crippen LogP contribution in [-0.4, -0.2) is 87.6 Å². The van der Waals surface area contributed by atoms with Gasteiger partial charge in [-0.05, 0) is 63.2 Å². The summed E-state index contributed by atoms with van der Waals surface area (Å²) in [7, 11) is 2.13. The third kappa shape index (κ3) is 5.54. The zero-order valence-corrected chi connectivity index (χ0v) is 22.3. The average molecular weight is 527 g/mol. The van der Waals surface area contributed by atoms with E-state index in [1.165, 1.54) is 12.5 Å². The molecule has 0 spiro atoms. The zero-order chi connectivity index (χ0) is 26.1. The summed E-state index contributed by atoms with van der Waals surface area (Å²) in [5.41, 5.74) is 2.90. The molecular weight excluding hydrogens is 492 g/mol. The number of piperazine rings is 1. The van der Waals surface area contributed by atoms with Crippen LogP contribution in [-0.2, 0) is 24.4 Å². The van der Waals surface area contributed by atoms with E-state index in [-0.39, 0.29) is 17.7 Å². The summed E-state index contributed by atoms with van der Waals surface area (Å²) in [6.45, 7) is 11.2. The Kier molecular flexibility index (Phi) is 7.55. The van der Waals surface area contributed by atoms with Crippen molar-refractivity contribution in [2.75, 3.05) is 44.7 Å². The Balaban J connectivity index is 1.40. The molecule has 1 aromatic carbocycles. The lowest BCUT2D eigenvalue weighted by Crippen LogP contribution is -2.54. The lowest BCUT2D eigenvalue weighted by molar-refractivity contribution is -0.126. The van der Waals surface area contributed by atoms with Gasteiger partial charge in [0.1, 0.15) is 18.2 Å². The number of hydrogen-bond acceptors (Lipinski definition) is 8. The van der Waals surface area contributed by atoms with E-state index in [1.807, 2.05) is 4.90 Å². The van der Waals surface area contributed by atoms with Crippen molar-refractivity contribution in [3.8, 4) is 11.8 Å². The molecule has 10 heteroatoms. The first-order valence-electron chi connectivity index (χ1n) is 12.9. The largest absolute Gasteiger partial charge is 0.508 e. The molecule has 1 amide bonds. The molecule has 5 rings (SSSR count). The van der Waals surface area contributed by atoms with E-state index < -0.39 is 0 Å². The lowest BCUT2D eigenvalue weighted by atomic mass is 10.1. The minimum absolute atomic E-state index is 0.0433. The fourth-order valence-corrected chi connectivity index (χ4v) is 5.76. The standard InChI is InChI=1S/C27H35ClN6O3/c1-4-25(36)33-10-11-34(18(2)13-33)26-22-15-32(14-19-12-21(35)7-8-23(19)28)16-24(22)29-27(30-26)37-17-20-6-5-9-31(20)3/h4,7-8,12,18,20,35H,1,5-6,9-11,13-17H2,2-3H3/t18-,20-/m0/s1. The van der Waals surface area contributed by atoms with Crippen molar-refractivity contribution in [1.29, 1.82) is 0 Å². The summed E-state index contributed by atoms with van der Waals surface area (Å²) in [4.78, 5) is 30.6. The highest BCUT2D eigenvalue weighted by Crippen LogP contribution is 2.35. The fraction of sp³-hybridized carbons (Fsp3) is 0.519. The predicted molar refractivity (Wildman–Crippen MR) is 143 cm³/mol. The van der Waals surface area contributed by atoms with E-state index in [0.29, 0.717) is 63.0 Å². The van der Waals surface area contributed by atoms with Gasteiger partial charge in [-0.15, -0.1) is 0 Å². The molecule has 9 nitrogen and oxygen atoms in total. The van der Waals surface area contributed by atoms with Crippen LogP contribution >= 0.6 is 11.6 Å². The maximum absolute atomic E-state index is 12.2. The number of hydrogen-bond donors (Lipinski definition) is 1. The molecule has 198 valence electrons. The molecule has 37 heavy (non-hydrogen) atoms. The lowest BCUT2D eigenvalue weighted by Gasteiger charge is -2.40. The first-order chi connectivity index (χ1) is 17.8. The maximum Gasteiger partial charge on any atom is 0.318 e. The van der Waals surface area contributed by atoms with Crippen molar-refractivity contribution in [3.63, 3.8) is 0 Å². The highest BCUT2D eigenvalue weighted by atomic mass is 35.5. The fourth-order valence-electron chi connectivity index (χ4n) is 5.58. The average Bonchev–Trinajstić information content (AvgIpc) is 3.49. The van der Waals surface area contributed by atoms with Gasteiger partial charge in [-0.2, -0.15) is 9.97 Å². The van der Waals surface area contributed by atoms with E-state index in [9.17, 15) is 9.90 Å². The highest BCUT2D eigenvalue weighted by molar-refractivity contribution is 6.31. The number of phenols is 1. The molecule has 3 aliphatic heterocycles. The summed E-state index contributed by atoms with van der Waals surface area (Å²) in [6, 6.07) is 5.89. The van der Waals surface area contributed by atoms with Gasteiger partial charge in [0, 0.05) is 61.9 Å². The SMILES string of the molecule is C=CC(=O)N1CCN(c2nc(OC[C@@H]3CCCN3C)nc3c2CN(Cc2cc(O)ccc2Cl)C3)[C@@H](C)C1. The van der Waals surface area contributed by atoms with Crippen molar-refractivity contribution >= 4 is 23.3 Å². The quantitative estimate of drug-likeness (QED) is 0.551. The van der Waals surface area contributed by atoms with E-state index in [2.05, 4.69) is 35.3 Å². The molecule has 0 radical (unpaired) electrons. The number of carbonyl (C=O) groups excluding carboxylic acids is 1. The van der Waals surface area contributed by atoms with Crippen LogP contribution in [0, 0.1) is 0 Å². The van der Waals surface area contributed by atoms with E-state index >= 15 is 0 Å². The Labute approximate surface area is 223 Å². The molecule has 2 fully saturated rings. The molecule has 0 bridgehead atoms. The van der Waals surface area contributed by atoms with E-state index in [4.69, 9.17) is 26.3 Å². The molecule has 2 atom stereocenters. The van der Waals surface area contributed by atoms with Crippen molar-refractivity contribution in [2.24, 2.45) is 0 Å². The van der Waals surface area contributed by atoms with Gasteiger partial charge in [-0.1, -0.05) is 18.2 Å². The second-order valence-electron chi connectivity index (χ2n) is 10.3. The number of ether oxygens (including phenoxy) is 1. The number of benzene rings is 1. The first kappa shape index (κ1) is 25.8. The van der Waals surface area contributed by atoms with Gasteiger partial charge in [0.2, 0.25) is 5.91 Å². The van der Waals surface area contributed by atoms with E-state index in [1.54, 1.807) is 18.2 Å². The van der Waals surface area contributed by atoms with Crippen LogP contribution in [0.3, 0.4) is 0 Å². The number of aromatic nitrogens is 2. The Bertz CT molecular complexity index is 1180. The Morgan fingerprint density at radius 3 is 2.84 bits per heavy atom. The van der Waals surface area contributed by atoms with Crippen LogP contribution in [0.2, 0.25) is 5.02 Å². The van der Waals surface area contributed by atoms with Gasteiger partial charge < -0.3 is 24.5 Å². The number of rotatable bonds is 7. The third-order valence-electron chi connectivity index (χ3n) is 7.69. The number of nitrogens with zero attached hydrogens (tertiary/aromatic N) is 6. The number of likely N-dealkylation sites (tertiary alicyclic amines) is 1. The van der Waals surface area contributed by atoms with Crippen LogP contribution in [0.1, 0.15) is 36.6 Å². The van der Waals surface area contributed by atoms with Crippen molar-refractivity contribution in [1.82, 2.24) is 24.7 Å². The normalized spacial score (nSPS) is 22.4. The van der Waals surface area contributed by atoms with Gasteiger partial charge in [0.05, 0.1) is 5.69 Å². The molecule has 4 heterocycles. The number of halogens is 1. The van der Waals surface area contributed by atoms with Gasteiger partial charge in [0.15, 0.2) is 0 Å². The Morgan fingerprint density at radius 1 is 1.27 bits per heavy atom. The maximum atomic E-state index is 12.2. The van der Waals surface area contributed by atoms with Crippen molar-refractivity contribution in [3.05, 3.63) is 52.7 Å². The van der Waals surface area contributed by atoms with Gasteiger partial charge in [-0.3, -0.25) is 9.69 Å². The summed E-state index contributed by atoms with van der Waals surface area (Å²) in [5.74, 6) is 1.03. The minimum Gasteiger partial charge on any atom is -0.508 e. The number of likely N-dealkylation sites (N-methyl/N-ethyl adjacent to an activating group) is 1. The first-order valence-corrected chi connectivity index (χ1v) is 13.3. The monoisotopic (exact) mass is 526 g/mol. The van der Waals surface area contributed by atoms with Crippen molar-refractivity contribution < 1.29 is 14.6 Å². The second kappa shape index (κ2) is 10.8. The summed E-state index contributed by atoms with van der Waals surface area (Å²) in [5, 5.41) is 10.6. The number of aromatic hydroxyl groups is 1. The molecular formula is C27H35ClN6O3. The number of fused-ring (bicyclic) bond motifs is 1. The molecule has 1 N–H and O–H groups in total. The van der Waals surface area contributed by atoms with Crippen LogP contribution in [0.15, 0.2) is 30.9 Å². The molecule has 1 aromatic heterocycles. The number of carbonyl (C=O) groups is 1. The summed E-state index contributed by atoms with van der Waals surface area (Å²) >= 11 is 6.41. The molecule has 2 saturated heterocycles. The Hall–Kier alpha value is -2.88. The van der Waals surface area contributed by atoms with Crippen molar-refractivity contribution in [2.45, 2.75) is 51.5 Å². The molecule has 3 aliphatic rings. The Morgan fingerprint density at radius 2 is 2.11 bits per heavy atom. The molecule has 2 aromatic rings. The minimum atomic E-state index is -0.0433. The molecule has 0 unspecified atom stereocenters. The third-order valence-corrected chi connectivity index (χ3v) is 8.06.